The third-order valence-electron chi connectivity index (χ3n) is 3.45. The van der Waals surface area contributed by atoms with Crippen molar-refractivity contribution >= 4 is 53.0 Å². The molecule has 2 N–H and O–H groups in total. The smallest absolute Gasteiger partial charge is 0.191 e. The molecule has 1 atom stereocenters. The van der Waals surface area contributed by atoms with Crippen molar-refractivity contribution in [2.45, 2.75) is 24.3 Å². The van der Waals surface area contributed by atoms with Gasteiger partial charge in [0.2, 0.25) is 0 Å². The molecule has 1 aromatic carbocycles. The first-order valence-electron chi connectivity index (χ1n) is 7.33. The van der Waals surface area contributed by atoms with Crippen molar-refractivity contribution in [1.82, 2.24) is 10.6 Å². The van der Waals surface area contributed by atoms with Gasteiger partial charge in [0, 0.05) is 35.8 Å². The van der Waals surface area contributed by atoms with Gasteiger partial charge in [-0.15, -0.1) is 47.1 Å². The second-order valence-electron chi connectivity index (χ2n) is 5.07. The topological polar surface area (TPSA) is 36.4 Å². The van der Waals surface area contributed by atoms with Gasteiger partial charge in [-0.2, -0.15) is 0 Å². The lowest BCUT2D eigenvalue weighted by atomic mass is 10.1. The van der Waals surface area contributed by atoms with Gasteiger partial charge in [0.05, 0.1) is 0 Å². The van der Waals surface area contributed by atoms with E-state index in [0.717, 1.165) is 19.0 Å². The predicted molar refractivity (Wildman–Crippen MR) is 115 cm³/mol. The average molecular weight is 461 g/mol. The van der Waals surface area contributed by atoms with Crippen molar-refractivity contribution in [2.24, 2.45) is 4.99 Å². The summed E-state index contributed by atoms with van der Waals surface area (Å²) in [5.74, 6) is 1.33. The lowest BCUT2D eigenvalue weighted by molar-refractivity contribution is 0.708. The van der Waals surface area contributed by atoms with E-state index in [1.807, 2.05) is 7.05 Å². The Morgan fingerprint density at radius 3 is 2.52 bits per heavy atom. The van der Waals surface area contributed by atoms with Crippen LogP contribution in [0.1, 0.15) is 23.3 Å². The van der Waals surface area contributed by atoms with Gasteiger partial charge >= 0.3 is 0 Å². The van der Waals surface area contributed by atoms with Crippen molar-refractivity contribution < 1.29 is 0 Å². The zero-order valence-corrected chi connectivity index (χ0v) is 17.7. The van der Waals surface area contributed by atoms with Crippen LogP contribution in [0.2, 0.25) is 0 Å². The summed E-state index contributed by atoms with van der Waals surface area (Å²) >= 11 is 3.56. The molecule has 2 aromatic rings. The molecule has 1 aromatic heterocycles. The van der Waals surface area contributed by atoms with E-state index in [0.29, 0.717) is 5.92 Å². The third-order valence-corrected chi connectivity index (χ3v) is 5.29. The maximum absolute atomic E-state index is 4.28. The van der Waals surface area contributed by atoms with Gasteiger partial charge in [-0.1, -0.05) is 25.1 Å². The Morgan fingerprint density at radius 2 is 1.96 bits per heavy atom. The fraction of sp³-hybridized carbons (Fsp3) is 0.353. The molecule has 0 aliphatic rings. The molecule has 0 spiro atoms. The highest BCUT2D eigenvalue weighted by molar-refractivity contribution is 14.0. The van der Waals surface area contributed by atoms with E-state index in [4.69, 9.17) is 0 Å². The van der Waals surface area contributed by atoms with Crippen molar-refractivity contribution in [3.8, 4) is 0 Å². The van der Waals surface area contributed by atoms with Crippen LogP contribution >= 0.6 is 47.1 Å². The van der Waals surface area contributed by atoms with Crippen LogP contribution in [0, 0.1) is 0 Å². The van der Waals surface area contributed by atoms with Crippen LogP contribution < -0.4 is 10.6 Å². The summed E-state index contributed by atoms with van der Waals surface area (Å²) in [5, 5.41) is 8.87. The molecule has 0 bridgehead atoms. The molecule has 1 heterocycles. The van der Waals surface area contributed by atoms with E-state index in [9.17, 15) is 0 Å². The van der Waals surface area contributed by atoms with E-state index in [-0.39, 0.29) is 24.0 Å². The molecule has 2 rings (SSSR count). The molecule has 0 radical (unpaired) electrons. The summed E-state index contributed by atoms with van der Waals surface area (Å²) in [4.78, 5) is 6.97. The van der Waals surface area contributed by atoms with Gasteiger partial charge < -0.3 is 10.6 Å². The predicted octanol–water partition coefficient (Wildman–Crippen LogP) is 4.56. The van der Waals surface area contributed by atoms with Gasteiger partial charge in [0.1, 0.15) is 0 Å². The molecule has 0 fully saturated rings. The molecule has 6 heteroatoms. The molecule has 0 saturated carbocycles. The van der Waals surface area contributed by atoms with Crippen LogP contribution in [0.4, 0.5) is 0 Å². The molecular weight excluding hydrogens is 437 g/mol. The first-order chi connectivity index (χ1) is 10.7. The number of benzene rings is 1. The number of rotatable bonds is 6. The summed E-state index contributed by atoms with van der Waals surface area (Å²) in [6, 6.07) is 12.9. The van der Waals surface area contributed by atoms with Crippen LogP contribution in [0.5, 0.6) is 0 Å². The second kappa shape index (κ2) is 10.9. The fourth-order valence-corrected chi connectivity index (χ4v) is 3.27. The SMILES string of the molecule is CN=C(NCc1ccc(SC)cc1)NCC(C)c1cccs1.I. The lowest BCUT2D eigenvalue weighted by Gasteiger charge is -2.15. The highest BCUT2D eigenvalue weighted by Crippen LogP contribution is 2.19. The van der Waals surface area contributed by atoms with Crippen LogP contribution in [0.15, 0.2) is 51.7 Å². The summed E-state index contributed by atoms with van der Waals surface area (Å²) in [6.45, 7) is 3.89. The standard InChI is InChI=1S/C17H23N3S2.HI/c1-13(16-5-4-10-22-16)11-19-17(18-2)20-12-14-6-8-15(21-3)9-7-14;/h4-10,13H,11-12H2,1-3H3,(H2,18,19,20);1H. The van der Waals surface area contributed by atoms with Crippen molar-refractivity contribution in [3.63, 3.8) is 0 Å². The number of nitrogens with one attached hydrogen (secondary N) is 2. The third kappa shape index (κ3) is 6.73. The molecule has 0 saturated heterocycles. The van der Waals surface area contributed by atoms with Gasteiger partial charge in [0.25, 0.3) is 0 Å². The zero-order chi connectivity index (χ0) is 15.8. The molecule has 0 aliphatic heterocycles. The molecule has 1 unspecified atom stereocenters. The van der Waals surface area contributed by atoms with E-state index in [1.165, 1.54) is 15.3 Å². The molecule has 23 heavy (non-hydrogen) atoms. The minimum atomic E-state index is 0. The number of guanidine groups is 1. The maximum Gasteiger partial charge on any atom is 0.191 e. The number of aliphatic imine (C=N–C) groups is 1. The Kier molecular flexibility index (Phi) is 9.66. The maximum atomic E-state index is 4.28. The number of hydrogen-bond donors (Lipinski definition) is 2. The Bertz CT molecular complexity index is 582. The number of hydrogen-bond acceptors (Lipinski definition) is 3. The molecule has 0 amide bonds. The van der Waals surface area contributed by atoms with Crippen LogP contribution in [0.25, 0.3) is 0 Å². The Hall–Kier alpha value is -0.730. The molecular formula is C17H24IN3S2. The summed E-state index contributed by atoms with van der Waals surface area (Å²) < 4.78 is 0. The average Bonchev–Trinajstić information content (AvgIpc) is 3.10. The van der Waals surface area contributed by atoms with Gasteiger partial charge in [-0.25, -0.2) is 0 Å². The highest BCUT2D eigenvalue weighted by Gasteiger charge is 2.07. The monoisotopic (exact) mass is 461 g/mol. The van der Waals surface area contributed by atoms with Crippen molar-refractivity contribution in [2.75, 3.05) is 19.8 Å². The first kappa shape index (κ1) is 20.3. The van der Waals surface area contributed by atoms with Gasteiger partial charge in [-0.3, -0.25) is 4.99 Å². The van der Waals surface area contributed by atoms with Crippen molar-refractivity contribution in [1.29, 1.82) is 0 Å². The largest absolute Gasteiger partial charge is 0.356 e. The summed E-state index contributed by atoms with van der Waals surface area (Å²) in [6.07, 6.45) is 2.09. The van der Waals surface area contributed by atoms with Crippen LogP contribution in [0.3, 0.4) is 0 Å². The van der Waals surface area contributed by atoms with E-state index in [2.05, 4.69) is 70.6 Å². The van der Waals surface area contributed by atoms with E-state index >= 15 is 0 Å². The Balaban J connectivity index is 0.00000264. The Labute approximate surface area is 164 Å². The Morgan fingerprint density at radius 1 is 1.22 bits per heavy atom. The van der Waals surface area contributed by atoms with E-state index < -0.39 is 0 Å². The van der Waals surface area contributed by atoms with Crippen LogP contribution in [-0.4, -0.2) is 25.8 Å². The van der Waals surface area contributed by atoms with Gasteiger partial charge in [-0.05, 0) is 35.4 Å². The number of thiophene rings is 1. The zero-order valence-electron chi connectivity index (χ0n) is 13.7. The molecule has 0 aliphatic carbocycles. The quantitative estimate of drug-likeness (QED) is 0.287. The number of nitrogens with zero attached hydrogens (tertiary/aromatic N) is 1. The molecule has 3 nitrogen and oxygen atoms in total. The van der Waals surface area contributed by atoms with Gasteiger partial charge in [0.15, 0.2) is 5.96 Å². The fourth-order valence-electron chi connectivity index (χ4n) is 2.07. The summed E-state index contributed by atoms with van der Waals surface area (Å²) in [7, 11) is 1.81. The normalized spacial score (nSPS) is 12.4. The van der Waals surface area contributed by atoms with E-state index in [1.54, 1.807) is 23.1 Å². The van der Waals surface area contributed by atoms with Crippen molar-refractivity contribution in [3.05, 3.63) is 52.2 Å². The van der Waals surface area contributed by atoms with Crippen LogP contribution in [-0.2, 0) is 6.54 Å². The number of thioether (sulfide) groups is 1. The molecule has 126 valence electrons. The second-order valence-corrected chi connectivity index (χ2v) is 6.93. The summed E-state index contributed by atoms with van der Waals surface area (Å²) in [5.41, 5.74) is 1.26. The minimum absolute atomic E-state index is 0. The minimum Gasteiger partial charge on any atom is -0.356 e. The first-order valence-corrected chi connectivity index (χ1v) is 9.44. The highest BCUT2D eigenvalue weighted by atomic mass is 127. The lowest BCUT2D eigenvalue weighted by Crippen LogP contribution is -2.38. The number of halogens is 1.